The number of carbonyl (C=O) groups is 1. The van der Waals surface area contributed by atoms with E-state index in [9.17, 15) is 4.79 Å². The van der Waals surface area contributed by atoms with Crippen LogP contribution in [0, 0.1) is 0 Å². The third kappa shape index (κ3) is 3.32. The zero-order valence-corrected chi connectivity index (χ0v) is 12.1. The molecule has 6 heteroatoms. The van der Waals surface area contributed by atoms with E-state index in [1.165, 1.54) is 12.1 Å². The van der Waals surface area contributed by atoms with Crippen molar-refractivity contribution >= 4 is 34.8 Å². The van der Waals surface area contributed by atoms with Crippen LogP contribution >= 0.6 is 23.2 Å². The third-order valence-electron chi connectivity index (χ3n) is 3.22. The number of hydrogen-bond acceptors (Lipinski definition) is 3. The molecule has 0 aliphatic carbocycles. The van der Waals surface area contributed by atoms with Crippen molar-refractivity contribution in [1.82, 2.24) is 5.32 Å². The molecule has 1 aromatic rings. The van der Waals surface area contributed by atoms with Crippen LogP contribution in [0.2, 0.25) is 10.0 Å². The lowest BCUT2D eigenvalue weighted by molar-refractivity contribution is 0.0712. The monoisotopic (exact) mass is 302 g/mol. The second-order valence-corrected chi connectivity index (χ2v) is 5.48. The first-order valence-corrected chi connectivity index (χ1v) is 6.91. The Bertz CT molecular complexity index is 465. The third-order valence-corrected chi connectivity index (χ3v) is 3.85. The van der Waals surface area contributed by atoms with E-state index >= 15 is 0 Å². The summed E-state index contributed by atoms with van der Waals surface area (Å²) in [6.07, 6.45) is 2.07. The molecule has 1 amide bonds. The lowest BCUT2D eigenvalue weighted by atomic mass is 10.1. The first-order chi connectivity index (χ1) is 8.99. The van der Waals surface area contributed by atoms with Gasteiger partial charge < -0.3 is 15.8 Å². The Kier molecular flexibility index (Phi) is 4.55. The number of benzene rings is 1. The number of amides is 1. The predicted molar refractivity (Wildman–Crippen MR) is 76.8 cm³/mol. The fraction of sp³-hybridized carbons (Fsp3) is 0.462. The van der Waals surface area contributed by atoms with Crippen molar-refractivity contribution in [2.24, 2.45) is 0 Å². The average Bonchev–Trinajstić information content (AvgIpc) is 2.89. The Morgan fingerprint density at radius 2 is 2.11 bits per heavy atom. The van der Waals surface area contributed by atoms with Gasteiger partial charge in [-0.3, -0.25) is 4.79 Å². The lowest BCUT2D eigenvalue weighted by Crippen LogP contribution is -2.40. The molecule has 0 saturated carbocycles. The molecule has 19 heavy (non-hydrogen) atoms. The topological polar surface area (TPSA) is 64.4 Å². The molecule has 1 heterocycles. The van der Waals surface area contributed by atoms with Gasteiger partial charge >= 0.3 is 0 Å². The number of ether oxygens (including phenoxy) is 1. The number of nitrogens with one attached hydrogen (secondary N) is 1. The summed E-state index contributed by atoms with van der Waals surface area (Å²) in [5.74, 6) is -0.230. The van der Waals surface area contributed by atoms with E-state index in [4.69, 9.17) is 33.7 Å². The minimum absolute atomic E-state index is 0.0508. The zero-order valence-electron chi connectivity index (χ0n) is 10.6. The minimum atomic E-state index is -0.230. The highest BCUT2D eigenvalue weighted by Crippen LogP contribution is 2.28. The highest BCUT2D eigenvalue weighted by Gasteiger charge is 2.24. The summed E-state index contributed by atoms with van der Waals surface area (Å²) in [6, 6.07) is 2.98. The van der Waals surface area contributed by atoms with Crippen molar-refractivity contribution in [3.63, 3.8) is 0 Å². The van der Waals surface area contributed by atoms with E-state index < -0.39 is 0 Å². The Hall–Kier alpha value is -0.970. The molecule has 1 saturated heterocycles. The smallest absolute Gasteiger partial charge is 0.251 e. The molecule has 0 spiro atoms. The van der Waals surface area contributed by atoms with Crippen LogP contribution in [0.1, 0.15) is 30.1 Å². The van der Waals surface area contributed by atoms with E-state index in [1.807, 2.05) is 6.92 Å². The second kappa shape index (κ2) is 5.99. The highest BCUT2D eigenvalue weighted by atomic mass is 35.5. The van der Waals surface area contributed by atoms with Crippen molar-refractivity contribution < 1.29 is 9.53 Å². The van der Waals surface area contributed by atoms with Crippen LogP contribution in [-0.2, 0) is 4.74 Å². The van der Waals surface area contributed by atoms with Gasteiger partial charge in [-0.05, 0) is 31.9 Å². The molecule has 104 valence electrons. The first-order valence-electron chi connectivity index (χ1n) is 6.16. The van der Waals surface area contributed by atoms with Crippen molar-refractivity contribution in [2.45, 2.75) is 31.9 Å². The summed E-state index contributed by atoms with van der Waals surface area (Å²) in [4.78, 5) is 12.1. The molecule has 0 aromatic heterocycles. The zero-order chi connectivity index (χ0) is 14.0. The Morgan fingerprint density at radius 3 is 2.63 bits per heavy atom. The van der Waals surface area contributed by atoms with E-state index in [2.05, 4.69) is 5.32 Å². The maximum absolute atomic E-state index is 12.1. The minimum Gasteiger partial charge on any atom is -0.396 e. The number of nitrogen functional groups attached to an aromatic ring is 1. The molecular weight excluding hydrogens is 287 g/mol. The first kappa shape index (κ1) is 14.4. The molecule has 2 atom stereocenters. The highest BCUT2D eigenvalue weighted by molar-refractivity contribution is 6.39. The van der Waals surface area contributed by atoms with Crippen molar-refractivity contribution in [2.75, 3.05) is 12.3 Å². The van der Waals surface area contributed by atoms with Crippen LogP contribution in [0.3, 0.4) is 0 Å². The SMILES string of the molecule is CC(NC(=O)c1cc(Cl)c(N)c(Cl)c1)C1CCCO1. The number of anilines is 1. The molecular formula is C13H16Cl2N2O2. The molecule has 0 bridgehead atoms. The number of carbonyl (C=O) groups excluding carboxylic acids is 1. The van der Waals surface area contributed by atoms with Gasteiger partial charge in [0.05, 0.1) is 27.9 Å². The second-order valence-electron chi connectivity index (χ2n) is 4.67. The van der Waals surface area contributed by atoms with E-state index in [0.29, 0.717) is 5.56 Å². The van der Waals surface area contributed by atoms with Gasteiger partial charge in [-0.15, -0.1) is 0 Å². The maximum atomic E-state index is 12.1. The summed E-state index contributed by atoms with van der Waals surface area (Å²) >= 11 is 11.8. The standard InChI is InChI=1S/C13H16Cl2N2O2/c1-7(11-3-2-4-19-11)17-13(18)8-5-9(14)12(16)10(15)6-8/h5-7,11H,2-4,16H2,1H3,(H,17,18). The van der Waals surface area contributed by atoms with Gasteiger partial charge in [0.15, 0.2) is 0 Å². The molecule has 2 rings (SSSR count). The Balaban J connectivity index is 2.07. The van der Waals surface area contributed by atoms with Crippen molar-refractivity contribution in [1.29, 1.82) is 0 Å². The number of nitrogens with two attached hydrogens (primary N) is 1. The van der Waals surface area contributed by atoms with Gasteiger partial charge in [-0.2, -0.15) is 0 Å². The van der Waals surface area contributed by atoms with E-state index in [1.54, 1.807) is 0 Å². The molecule has 1 aliphatic rings. The van der Waals surface area contributed by atoms with Gasteiger partial charge in [0.1, 0.15) is 0 Å². The summed E-state index contributed by atoms with van der Waals surface area (Å²) in [6.45, 7) is 2.68. The molecule has 1 fully saturated rings. The van der Waals surface area contributed by atoms with Crippen LogP contribution in [0.15, 0.2) is 12.1 Å². The molecule has 3 N–H and O–H groups in total. The maximum Gasteiger partial charge on any atom is 0.251 e. The summed E-state index contributed by atoms with van der Waals surface area (Å²) in [7, 11) is 0. The number of rotatable bonds is 3. The number of halogens is 2. The van der Waals surface area contributed by atoms with Gasteiger partial charge in [-0.25, -0.2) is 0 Å². The summed E-state index contributed by atoms with van der Waals surface area (Å²) in [5.41, 5.74) is 6.32. The molecule has 1 aliphatic heterocycles. The van der Waals surface area contributed by atoms with Crippen LogP contribution in [-0.4, -0.2) is 24.7 Å². The molecule has 4 nitrogen and oxygen atoms in total. The predicted octanol–water partition coefficient (Wildman–Crippen LogP) is 2.87. The van der Waals surface area contributed by atoms with Gasteiger partial charge in [-0.1, -0.05) is 23.2 Å². The average molecular weight is 303 g/mol. The molecule has 1 aromatic carbocycles. The Morgan fingerprint density at radius 1 is 1.47 bits per heavy atom. The quantitative estimate of drug-likeness (QED) is 0.844. The fourth-order valence-corrected chi connectivity index (χ4v) is 2.58. The Labute approximate surface area is 122 Å². The van der Waals surface area contributed by atoms with E-state index in [-0.39, 0.29) is 33.8 Å². The fourth-order valence-electron chi connectivity index (χ4n) is 2.10. The number of hydrogen-bond donors (Lipinski definition) is 2. The van der Waals surface area contributed by atoms with Crippen LogP contribution < -0.4 is 11.1 Å². The summed E-state index contributed by atoms with van der Waals surface area (Å²) < 4.78 is 5.53. The lowest BCUT2D eigenvalue weighted by Gasteiger charge is -2.20. The van der Waals surface area contributed by atoms with Gasteiger partial charge in [0.25, 0.3) is 5.91 Å². The van der Waals surface area contributed by atoms with Gasteiger partial charge in [0.2, 0.25) is 0 Å². The van der Waals surface area contributed by atoms with Crippen LogP contribution in [0.4, 0.5) is 5.69 Å². The van der Waals surface area contributed by atoms with Crippen molar-refractivity contribution in [3.05, 3.63) is 27.7 Å². The van der Waals surface area contributed by atoms with Crippen LogP contribution in [0.25, 0.3) is 0 Å². The van der Waals surface area contributed by atoms with Crippen molar-refractivity contribution in [3.8, 4) is 0 Å². The van der Waals surface area contributed by atoms with Gasteiger partial charge in [0, 0.05) is 12.2 Å². The largest absolute Gasteiger partial charge is 0.396 e. The van der Waals surface area contributed by atoms with Crippen LogP contribution in [0.5, 0.6) is 0 Å². The summed E-state index contributed by atoms with van der Waals surface area (Å²) in [5, 5.41) is 3.45. The molecule has 2 unspecified atom stereocenters. The van der Waals surface area contributed by atoms with E-state index in [0.717, 1.165) is 19.4 Å². The normalized spacial score (nSPS) is 20.3. The molecule has 0 radical (unpaired) electrons.